The molecule has 0 aliphatic heterocycles. The molecule has 0 saturated heterocycles. The number of nitrogen functional groups attached to an aromatic ring is 1. The third-order valence-corrected chi connectivity index (χ3v) is 3.88. The maximum atomic E-state index is 6.05. The lowest BCUT2D eigenvalue weighted by molar-refractivity contribution is 0.419. The Morgan fingerprint density at radius 3 is 2.68 bits per heavy atom. The second kappa shape index (κ2) is 5.85. The molecule has 0 saturated carbocycles. The van der Waals surface area contributed by atoms with E-state index < -0.39 is 0 Å². The second-order valence-corrected chi connectivity index (χ2v) is 5.44. The Morgan fingerprint density at radius 2 is 2.05 bits per heavy atom. The summed E-state index contributed by atoms with van der Waals surface area (Å²) < 4.78 is 5.14. The van der Waals surface area contributed by atoms with Crippen LogP contribution in [0.5, 0.6) is 0 Å². The molecule has 2 aromatic rings. The van der Waals surface area contributed by atoms with Crippen LogP contribution in [0.25, 0.3) is 11.1 Å². The van der Waals surface area contributed by atoms with E-state index in [1.807, 2.05) is 6.07 Å². The first kappa shape index (κ1) is 14.2. The molecule has 1 heterocycles. The van der Waals surface area contributed by atoms with Gasteiger partial charge in [0.25, 0.3) is 0 Å². The number of benzene rings is 1. The van der Waals surface area contributed by atoms with E-state index in [9.17, 15) is 0 Å². The minimum Gasteiger partial charge on any atom is -0.367 e. The Hall–Kier alpha value is -1.19. The second-order valence-electron chi connectivity index (χ2n) is 4.63. The van der Waals surface area contributed by atoms with E-state index in [1.54, 1.807) is 12.1 Å². The molecule has 0 fully saturated rings. The highest BCUT2D eigenvalue weighted by molar-refractivity contribution is 6.42. The van der Waals surface area contributed by atoms with E-state index in [2.05, 4.69) is 19.0 Å². The molecule has 1 aromatic heterocycles. The zero-order valence-electron chi connectivity index (χ0n) is 10.9. The first-order valence-corrected chi connectivity index (χ1v) is 7.00. The van der Waals surface area contributed by atoms with Gasteiger partial charge in [0.15, 0.2) is 0 Å². The molecule has 2 rings (SSSR count). The summed E-state index contributed by atoms with van der Waals surface area (Å²) in [4.78, 5) is 0. The number of hydrogen-bond acceptors (Lipinski definition) is 3. The van der Waals surface area contributed by atoms with Crippen LogP contribution in [0.15, 0.2) is 22.7 Å². The number of nitrogens with zero attached hydrogens (tertiary/aromatic N) is 1. The van der Waals surface area contributed by atoms with Crippen molar-refractivity contribution in [3.05, 3.63) is 33.9 Å². The topological polar surface area (TPSA) is 52.0 Å². The number of aromatic nitrogens is 1. The Bertz CT molecular complexity index is 581. The van der Waals surface area contributed by atoms with Crippen LogP contribution in [0.3, 0.4) is 0 Å². The minimum atomic E-state index is 0.288. The molecule has 0 spiro atoms. The lowest BCUT2D eigenvalue weighted by atomic mass is 9.95. The van der Waals surface area contributed by atoms with E-state index in [1.165, 1.54) is 0 Å². The molecule has 0 aliphatic rings. The lowest BCUT2D eigenvalue weighted by Crippen LogP contribution is -1.97. The van der Waals surface area contributed by atoms with Crippen molar-refractivity contribution >= 4 is 29.1 Å². The van der Waals surface area contributed by atoms with Crippen molar-refractivity contribution < 1.29 is 4.52 Å². The van der Waals surface area contributed by atoms with Crippen LogP contribution in [0.2, 0.25) is 10.0 Å². The average Bonchev–Trinajstić information content (AvgIpc) is 2.75. The number of halogens is 2. The van der Waals surface area contributed by atoms with Gasteiger partial charge in [0, 0.05) is 5.92 Å². The SMILES string of the molecule is CCCC(C)c1noc(N)c1-c1ccc(Cl)c(Cl)c1. The molecule has 0 amide bonds. The Kier molecular flexibility index (Phi) is 4.38. The van der Waals surface area contributed by atoms with Gasteiger partial charge in [-0.1, -0.05) is 54.7 Å². The van der Waals surface area contributed by atoms with Crippen molar-refractivity contribution in [2.75, 3.05) is 5.73 Å². The number of anilines is 1. The predicted octanol–water partition coefficient (Wildman–Crippen LogP) is 5.13. The summed E-state index contributed by atoms with van der Waals surface area (Å²) in [7, 11) is 0. The van der Waals surface area contributed by atoms with E-state index >= 15 is 0 Å². The highest BCUT2D eigenvalue weighted by Crippen LogP contribution is 2.37. The van der Waals surface area contributed by atoms with Crippen LogP contribution in [0.1, 0.15) is 38.3 Å². The fourth-order valence-corrected chi connectivity index (χ4v) is 2.46. The summed E-state index contributed by atoms with van der Waals surface area (Å²) in [6.45, 7) is 4.25. The van der Waals surface area contributed by atoms with E-state index in [0.717, 1.165) is 29.7 Å². The highest BCUT2D eigenvalue weighted by atomic mass is 35.5. The molecule has 1 atom stereocenters. The lowest BCUT2D eigenvalue weighted by Gasteiger charge is -2.09. The van der Waals surface area contributed by atoms with Gasteiger partial charge in [0.2, 0.25) is 5.88 Å². The van der Waals surface area contributed by atoms with Crippen LogP contribution in [-0.4, -0.2) is 5.16 Å². The van der Waals surface area contributed by atoms with Crippen molar-refractivity contribution in [2.24, 2.45) is 0 Å². The van der Waals surface area contributed by atoms with Gasteiger partial charge in [-0.15, -0.1) is 0 Å². The molecule has 0 radical (unpaired) electrons. The van der Waals surface area contributed by atoms with Gasteiger partial charge in [-0.2, -0.15) is 0 Å². The molecular formula is C14H16Cl2N2O. The van der Waals surface area contributed by atoms with Crippen molar-refractivity contribution in [1.29, 1.82) is 0 Å². The summed E-state index contributed by atoms with van der Waals surface area (Å²) in [5.74, 6) is 0.604. The molecule has 3 nitrogen and oxygen atoms in total. The molecule has 1 aromatic carbocycles. The Balaban J connectivity index is 2.48. The minimum absolute atomic E-state index is 0.288. The molecule has 0 aliphatic carbocycles. The summed E-state index contributed by atoms with van der Waals surface area (Å²) in [6, 6.07) is 5.41. The average molecular weight is 299 g/mol. The maximum absolute atomic E-state index is 6.05. The molecule has 19 heavy (non-hydrogen) atoms. The predicted molar refractivity (Wildman–Crippen MR) is 79.7 cm³/mol. The smallest absolute Gasteiger partial charge is 0.230 e. The maximum Gasteiger partial charge on any atom is 0.230 e. The fourth-order valence-electron chi connectivity index (χ4n) is 2.16. The van der Waals surface area contributed by atoms with Crippen molar-refractivity contribution in [1.82, 2.24) is 5.16 Å². The molecular weight excluding hydrogens is 283 g/mol. The van der Waals surface area contributed by atoms with E-state index in [-0.39, 0.29) is 5.92 Å². The van der Waals surface area contributed by atoms with Gasteiger partial charge < -0.3 is 10.3 Å². The normalized spacial score (nSPS) is 12.6. The third kappa shape index (κ3) is 2.88. The Labute approximate surface area is 122 Å². The van der Waals surface area contributed by atoms with Crippen molar-refractivity contribution in [3.8, 4) is 11.1 Å². The van der Waals surface area contributed by atoms with Crippen LogP contribution < -0.4 is 5.73 Å². The zero-order valence-corrected chi connectivity index (χ0v) is 12.4. The van der Waals surface area contributed by atoms with E-state index in [4.69, 9.17) is 33.5 Å². The third-order valence-electron chi connectivity index (χ3n) is 3.14. The first-order chi connectivity index (χ1) is 9.04. The Morgan fingerprint density at radius 1 is 1.32 bits per heavy atom. The number of hydrogen-bond donors (Lipinski definition) is 1. The number of rotatable bonds is 4. The van der Waals surface area contributed by atoms with Gasteiger partial charge >= 0.3 is 0 Å². The summed E-state index contributed by atoms with van der Waals surface area (Å²) in [5.41, 5.74) is 8.46. The molecule has 1 unspecified atom stereocenters. The molecule has 102 valence electrons. The van der Waals surface area contributed by atoms with Crippen molar-refractivity contribution in [3.63, 3.8) is 0 Å². The van der Waals surface area contributed by atoms with Crippen LogP contribution in [0.4, 0.5) is 5.88 Å². The summed E-state index contributed by atoms with van der Waals surface area (Å²) in [6.07, 6.45) is 2.11. The molecule has 5 heteroatoms. The molecule has 0 bridgehead atoms. The largest absolute Gasteiger partial charge is 0.367 e. The highest BCUT2D eigenvalue weighted by Gasteiger charge is 2.20. The zero-order chi connectivity index (χ0) is 14.0. The monoisotopic (exact) mass is 298 g/mol. The van der Waals surface area contributed by atoms with Gasteiger partial charge in [-0.3, -0.25) is 0 Å². The standard InChI is InChI=1S/C14H16Cl2N2O/c1-3-4-8(2)13-12(14(17)19-18-13)9-5-6-10(15)11(16)7-9/h5-8H,3-4,17H2,1-2H3. The van der Waals surface area contributed by atoms with Gasteiger partial charge in [0.1, 0.15) is 0 Å². The number of nitrogens with two attached hydrogens (primary N) is 1. The van der Waals surface area contributed by atoms with Crippen LogP contribution in [0, 0.1) is 0 Å². The van der Waals surface area contributed by atoms with Crippen LogP contribution in [-0.2, 0) is 0 Å². The summed E-state index contributed by atoms with van der Waals surface area (Å²) >= 11 is 12.0. The van der Waals surface area contributed by atoms with Gasteiger partial charge in [-0.05, 0) is 24.1 Å². The summed E-state index contributed by atoms with van der Waals surface area (Å²) in [5, 5.41) is 5.10. The van der Waals surface area contributed by atoms with Crippen LogP contribution >= 0.6 is 23.2 Å². The van der Waals surface area contributed by atoms with Gasteiger partial charge in [0.05, 0.1) is 21.3 Å². The fraction of sp³-hybridized carbons (Fsp3) is 0.357. The van der Waals surface area contributed by atoms with Crippen molar-refractivity contribution in [2.45, 2.75) is 32.6 Å². The first-order valence-electron chi connectivity index (χ1n) is 6.25. The molecule has 2 N–H and O–H groups in total. The van der Waals surface area contributed by atoms with E-state index in [0.29, 0.717) is 15.9 Å². The van der Waals surface area contributed by atoms with Gasteiger partial charge in [-0.25, -0.2) is 0 Å². The quantitative estimate of drug-likeness (QED) is 0.851.